The maximum Gasteiger partial charge on any atom is 0.178 e. The van der Waals surface area contributed by atoms with Gasteiger partial charge in [0.1, 0.15) is 5.69 Å². The Morgan fingerprint density at radius 1 is 0.870 bits per heavy atom. The van der Waals surface area contributed by atoms with Crippen LogP contribution in [0.3, 0.4) is 0 Å². The van der Waals surface area contributed by atoms with Crippen LogP contribution in [0, 0.1) is 0 Å². The number of hydrogen-bond acceptors (Lipinski definition) is 5. The van der Waals surface area contributed by atoms with Gasteiger partial charge in [0.15, 0.2) is 5.82 Å². The fourth-order valence-corrected chi connectivity index (χ4v) is 2.31. The van der Waals surface area contributed by atoms with Crippen molar-refractivity contribution in [2.45, 2.75) is 13.0 Å². The standard InChI is InChI=1S/C18H19N5/c1-23(11-8-16-6-2-4-9-19-16)14-15-12-21-18(22-13-15)17-7-3-5-10-20-17/h2-7,9-10,12-13H,8,11,14H2,1H3. The summed E-state index contributed by atoms with van der Waals surface area (Å²) in [5, 5.41) is 0. The Morgan fingerprint density at radius 2 is 1.61 bits per heavy atom. The van der Waals surface area contributed by atoms with Crippen LogP contribution in [-0.2, 0) is 13.0 Å². The third-order valence-electron chi connectivity index (χ3n) is 3.53. The predicted molar refractivity (Wildman–Crippen MR) is 89.5 cm³/mol. The summed E-state index contributed by atoms with van der Waals surface area (Å²) >= 11 is 0. The van der Waals surface area contributed by atoms with E-state index in [1.54, 1.807) is 6.20 Å². The number of pyridine rings is 2. The molecule has 0 fully saturated rings. The van der Waals surface area contributed by atoms with Gasteiger partial charge in [0.05, 0.1) is 0 Å². The predicted octanol–water partition coefficient (Wildman–Crippen LogP) is 2.61. The van der Waals surface area contributed by atoms with E-state index in [4.69, 9.17) is 0 Å². The Balaban J connectivity index is 1.55. The second-order valence-electron chi connectivity index (χ2n) is 5.44. The molecule has 5 nitrogen and oxygen atoms in total. The molecule has 5 heteroatoms. The zero-order valence-electron chi connectivity index (χ0n) is 13.1. The van der Waals surface area contributed by atoms with Gasteiger partial charge < -0.3 is 4.90 Å². The lowest BCUT2D eigenvalue weighted by Crippen LogP contribution is -2.21. The van der Waals surface area contributed by atoms with Crippen molar-refractivity contribution < 1.29 is 0 Å². The van der Waals surface area contributed by atoms with Gasteiger partial charge >= 0.3 is 0 Å². The highest BCUT2D eigenvalue weighted by atomic mass is 15.1. The average molecular weight is 305 g/mol. The zero-order chi connectivity index (χ0) is 15.9. The molecule has 0 aromatic carbocycles. The van der Waals surface area contributed by atoms with E-state index >= 15 is 0 Å². The minimum Gasteiger partial charge on any atom is -0.302 e. The van der Waals surface area contributed by atoms with E-state index in [1.165, 1.54) is 0 Å². The van der Waals surface area contributed by atoms with E-state index in [0.717, 1.165) is 36.5 Å². The molecule has 0 aliphatic heterocycles. The van der Waals surface area contributed by atoms with Gasteiger partial charge in [0.2, 0.25) is 0 Å². The third kappa shape index (κ3) is 4.40. The molecule has 0 radical (unpaired) electrons. The monoisotopic (exact) mass is 305 g/mol. The lowest BCUT2D eigenvalue weighted by molar-refractivity contribution is 0.329. The van der Waals surface area contributed by atoms with Crippen LogP contribution in [0.2, 0.25) is 0 Å². The van der Waals surface area contributed by atoms with Crippen molar-refractivity contribution >= 4 is 0 Å². The summed E-state index contributed by atoms with van der Waals surface area (Å²) in [6.07, 6.45) is 8.25. The van der Waals surface area contributed by atoms with Crippen LogP contribution in [-0.4, -0.2) is 38.4 Å². The second kappa shape index (κ2) is 7.56. The summed E-state index contributed by atoms with van der Waals surface area (Å²) < 4.78 is 0. The van der Waals surface area contributed by atoms with Gasteiger partial charge in [-0.15, -0.1) is 0 Å². The Bertz CT molecular complexity index is 713. The second-order valence-corrected chi connectivity index (χ2v) is 5.44. The van der Waals surface area contributed by atoms with E-state index in [1.807, 2.05) is 48.9 Å². The first-order chi connectivity index (χ1) is 11.3. The summed E-state index contributed by atoms with van der Waals surface area (Å²) in [6, 6.07) is 11.7. The molecule has 0 saturated heterocycles. The SMILES string of the molecule is CN(CCc1ccccn1)Cc1cnc(-c2ccccn2)nc1. The summed E-state index contributed by atoms with van der Waals surface area (Å²) in [4.78, 5) is 19.7. The van der Waals surface area contributed by atoms with Crippen molar-refractivity contribution in [3.05, 3.63) is 72.4 Å². The first-order valence-corrected chi connectivity index (χ1v) is 7.62. The van der Waals surface area contributed by atoms with E-state index in [9.17, 15) is 0 Å². The van der Waals surface area contributed by atoms with E-state index in [2.05, 4.69) is 37.9 Å². The highest BCUT2D eigenvalue weighted by Crippen LogP contribution is 2.11. The largest absolute Gasteiger partial charge is 0.302 e. The fourth-order valence-electron chi connectivity index (χ4n) is 2.31. The number of rotatable bonds is 6. The molecule has 3 rings (SSSR count). The van der Waals surface area contributed by atoms with E-state index < -0.39 is 0 Å². The number of nitrogens with zero attached hydrogens (tertiary/aromatic N) is 5. The van der Waals surface area contributed by atoms with Crippen LogP contribution >= 0.6 is 0 Å². The van der Waals surface area contributed by atoms with Crippen molar-refractivity contribution in [3.63, 3.8) is 0 Å². The summed E-state index contributed by atoms with van der Waals surface area (Å²) in [7, 11) is 2.09. The normalized spacial score (nSPS) is 10.9. The van der Waals surface area contributed by atoms with E-state index in [-0.39, 0.29) is 0 Å². The molecular weight excluding hydrogens is 286 g/mol. The summed E-state index contributed by atoms with van der Waals surface area (Å²) in [6.45, 7) is 1.76. The lowest BCUT2D eigenvalue weighted by atomic mass is 10.2. The van der Waals surface area contributed by atoms with Crippen LogP contribution in [0.4, 0.5) is 0 Å². The molecular formula is C18H19N5. The zero-order valence-corrected chi connectivity index (χ0v) is 13.1. The van der Waals surface area contributed by atoms with Gasteiger partial charge in [-0.2, -0.15) is 0 Å². The molecule has 3 aromatic rings. The molecule has 0 unspecified atom stereocenters. The average Bonchev–Trinajstić information content (AvgIpc) is 2.62. The van der Waals surface area contributed by atoms with Gasteiger partial charge in [-0.1, -0.05) is 12.1 Å². The maximum absolute atomic E-state index is 4.41. The van der Waals surface area contributed by atoms with Gasteiger partial charge in [0.25, 0.3) is 0 Å². The molecule has 0 amide bonds. The van der Waals surface area contributed by atoms with Crippen molar-refractivity contribution in [3.8, 4) is 11.5 Å². The quantitative estimate of drug-likeness (QED) is 0.700. The Kier molecular flexibility index (Phi) is 5.01. The minimum atomic E-state index is 0.658. The summed E-state index contributed by atoms with van der Waals surface area (Å²) in [5.41, 5.74) is 3.00. The van der Waals surface area contributed by atoms with Crippen LogP contribution in [0.15, 0.2) is 61.2 Å². The molecule has 0 N–H and O–H groups in total. The van der Waals surface area contributed by atoms with E-state index in [0.29, 0.717) is 5.82 Å². The fraction of sp³-hybridized carbons (Fsp3) is 0.222. The molecule has 116 valence electrons. The first-order valence-electron chi connectivity index (χ1n) is 7.62. The highest BCUT2D eigenvalue weighted by molar-refractivity contribution is 5.47. The molecule has 0 aliphatic carbocycles. The molecule has 23 heavy (non-hydrogen) atoms. The third-order valence-corrected chi connectivity index (χ3v) is 3.53. The Morgan fingerprint density at radius 3 is 2.26 bits per heavy atom. The molecule has 0 spiro atoms. The molecule has 3 heterocycles. The van der Waals surface area contributed by atoms with Gasteiger partial charge in [-0.3, -0.25) is 9.97 Å². The van der Waals surface area contributed by atoms with Crippen LogP contribution < -0.4 is 0 Å². The van der Waals surface area contributed by atoms with Crippen LogP contribution in [0.25, 0.3) is 11.5 Å². The van der Waals surface area contributed by atoms with Gasteiger partial charge in [-0.25, -0.2) is 9.97 Å². The topological polar surface area (TPSA) is 54.8 Å². The highest BCUT2D eigenvalue weighted by Gasteiger charge is 2.05. The lowest BCUT2D eigenvalue weighted by Gasteiger charge is -2.16. The van der Waals surface area contributed by atoms with Crippen molar-refractivity contribution in [2.24, 2.45) is 0 Å². The van der Waals surface area contributed by atoms with Gasteiger partial charge in [0, 0.05) is 55.6 Å². The molecule has 0 bridgehead atoms. The number of aromatic nitrogens is 4. The number of likely N-dealkylation sites (N-methyl/N-ethyl adjacent to an activating group) is 1. The molecule has 0 atom stereocenters. The Labute approximate surface area is 136 Å². The smallest absolute Gasteiger partial charge is 0.178 e. The van der Waals surface area contributed by atoms with Crippen molar-refractivity contribution in [2.75, 3.05) is 13.6 Å². The Hall–Kier alpha value is -2.66. The first kappa shape index (κ1) is 15.2. The number of hydrogen-bond donors (Lipinski definition) is 0. The minimum absolute atomic E-state index is 0.658. The summed E-state index contributed by atoms with van der Waals surface area (Å²) in [5.74, 6) is 0.658. The van der Waals surface area contributed by atoms with Crippen LogP contribution in [0.5, 0.6) is 0 Å². The molecule has 3 aromatic heterocycles. The molecule has 0 aliphatic rings. The van der Waals surface area contributed by atoms with Crippen molar-refractivity contribution in [1.82, 2.24) is 24.8 Å². The maximum atomic E-state index is 4.41. The van der Waals surface area contributed by atoms with Gasteiger partial charge in [-0.05, 0) is 31.3 Å². The van der Waals surface area contributed by atoms with Crippen molar-refractivity contribution in [1.29, 1.82) is 0 Å². The molecule has 0 saturated carbocycles. The van der Waals surface area contributed by atoms with Crippen LogP contribution in [0.1, 0.15) is 11.3 Å².